The first-order valence-electron chi connectivity index (χ1n) is 9.57. The van der Waals surface area contributed by atoms with Crippen molar-refractivity contribution in [2.24, 2.45) is 4.99 Å². The molecule has 0 saturated carbocycles. The lowest BCUT2D eigenvalue weighted by atomic mass is 10.0. The van der Waals surface area contributed by atoms with Crippen molar-refractivity contribution in [1.29, 1.82) is 0 Å². The number of hydrogen-bond donors (Lipinski definition) is 2. The fourth-order valence-corrected chi connectivity index (χ4v) is 3.20. The fraction of sp³-hybridized carbons (Fsp3) is 0.944. The molecule has 1 aliphatic heterocycles. The van der Waals surface area contributed by atoms with Crippen molar-refractivity contribution in [3.63, 3.8) is 0 Å². The number of likely N-dealkylation sites (tertiary alicyclic amines) is 1. The minimum Gasteiger partial charge on any atom is -0.385 e. The highest BCUT2D eigenvalue weighted by molar-refractivity contribution is 14.0. The Balaban J connectivity index is 0.00000529. The molecule has 0 aliphatic carbocycles. The van der Waals surface area contributed by atoms with E-state index in [2.05, 4.69) is 34.4 Å². The molecule has 2 N–H and O–H groups in total. The minimum absolute atomic E-state index is 0. The number of hydrogen-bond acceptors (Lipinski definition) is 3. The fourth-order valence-electron chi connectivity index (χ4n) is 3.20. The first-order chi connectivity index (χ1) is 11.3. The van der Waals surface area contributed by atoms with Crippen molar-refractivity contribution in [2.45, 2.75) is 64.8 Å². The second kappa shape index (κ2) is 16.4. The minimum atomic E-state index is 0. The van der Waals surface area contributed by atoms with Gasteiger partial charge in [0, 0.05) is 45.9 Å². The molecular weight excluding hydrogens is 415 g/mol. The number of piperidine rings is 1. The maximum atomic E-state index is 5.07. The molecule has 5 nitrogen and oxygen atoms in total. The van der Waals surface area contributed by atoms with Crippen molar-refractivity contribution in [3.8, 4) is 0 Å². The van der Waals surface area contributed by atoms with Gasteiger partial charge in [-0.2, -0.15) is 0 Å². The lowest BCUT2D eigenvalue weighted by Gasteiger charge is -2.35. The average molecular weight is 454 g/mol. The van der Waals surface area contributed by atoms with E-state index >= 15 is 0 Å². The van der Waals surface area contributed by atoms with Crippen LogP contribution in [-0.2, 0) is 4.74 Å². The number of rotatable bonds is 11. The van der Waals surface area contributed by atoms with Crippen LogP contribution in [0.5, 0.6) is 0 Å². The Morgan fingerprint density at radius 1 is 1.17 bits per heavy atom. The number of methoxy groups -OCH3 is 1. The summed E-state index contributed by atoms with van der Waals surface area (Å²) >= 11 is 0. The maximum absolute atomic E-state index is 5.07. The summed E-state index contributed by atoms with van der Waals surface area (Å²) in [7, 11) is 1.76. The third-order valence-corrected chi connectivity index (χ3v) is 4.53. The molecule has 1 saturated heterocycles. The van der Waals surface area contributed by atoms with Gasteiger partial charge in [0.1, 0.15) is 0 Å². The number of nitrogens with zero attached hydrogens (tertiary/aromatic N) is 2. The lowest BCUT2D eigenvalue weighted by Crippen LogP contribution is -2.46. The van der Waals surface area contributed by atoms with Crippen LogP contribution < -0.4 is 10.6 Å². The van der Waals surface area contributed by atoms with Gasteiger partial charge < -0.3 is 15.4 Å². The molecular formula is C18H39IN4O. The molecule has 144 valence electrons. The van der Waals surface area contributed by atoms with E-state index in [1.165, 1.54) is 38.6 Å². The van der Waals surface area contributed by atoms with Crippen LogP contribution >= 0.6 is 24.0 Å². The van der Waals surface area contributed by atoms with Gasteiger partial charge in [-0.25, -0.2) is 0 Å². The summed E-state index contributed by atoms with van der Waals surface area (Å²) in [6, 6.07) is 0.783. The van der Waals surface area contributed by atoms with Crippen LogP contribution in [0.25, 0.3) is 0 Å². The molecule has 0 aromatic carbocycles. The van der Waals surface area contributed by atoms with Gasteiger partial charge in [0.2, 0.25) is 0 Å². The van der Waals surface area contributed by atoms with Gasteiger partial charge in [0.25, 0.3) is 0 Å². The van der Waals surface area contributed by atoms with E-state index in [0.717, 1.165) is 57.6 Å². The number of guanidine groups is 1. The van der Waals surface area contributed by atoms with Crippen molar-refractivity contribution in [3.05, 3.63) is 0 Å². The Bertz CT molecular complexity index is 315. The van der Waals surface area contributed by atoms with Crippen molar-refractivity contribution >= 4 is 29.9 Å². The Hall–Kier alpha value is -0.0800. The first-order valence-corrected chi connectivity index (χ1v) is 9.57. The number of unbranched alkanes of at least 4 members (excludes halogenated alkanes) is 2. The zero-order chi connectivity index (χ0) is 16.8. The first kappa shape index (κ1) is 23.9. The highest BCUT2D eigenvalue weighted by Crippen LogP contribution is 2.18. The molecule has 0 radical (unpaired) electrons. The molecule has 0 aromatic rings. The molecule has 1 rings (SSSR count). The molecule has 1 atom stereocenters. The summed E-state index contributed by atoms with van der Waals surface area (Å²) in [5.74, 6) is 0.962. The zero-order valence-corrected chi connectivity index (χ0v) is 18.3. The summed E-state index contributed by atoms with van der Waals surface area (Å²) in [5.41, 5.74) is 0. The highest BCUT2D eigenvalue weighted by atomic mass is 127. The normalized spacial score (nSPS) is 19.0. The Morgan fingerprint density at radius 3 is 2.71 bits per heavy atom. The van der Waals surface area contributed by atoms with Crippen LogP contribution in [0.15, 0.2) is 4.99 Å². The molecule has 0 amide bonds. The topological polar surface area (TPSA) is 48.9 Å². The molecule has 1 aliphatic rings. The summed E-state index contributed by atoms with van der Waals surface area (Å²) in [6.07, 6.45) is 8.83. The highest BCUT2D eigenvalue weighted by Gasteiger charge is 2.19. The van der Waals surface area contributed by atoms with Crippen molar-refractivity contribution in [2.75, 3.05) is 46.4 Å². The summed E-state index contributed by atoms with van der Waals surface area (Å²) in [6.45, 7) is 10.4. The van der Waals surface area contributed by atoms with Crippen molar-refractivity contribution < 1.29 is 4.74 Å². The largest absolute Gasteiger partial charge is 0.385 e. The van der Waals surface area contributed by atoms with Gasteiger partial charge in [-0.05, 0) is 52.0 Å². The van der Waals surface area contributed by atoms with E-state index in [-0.39, 0.29) is 24.0 Å². The van der Waals surface area contributed by atoms with Crippen LogP contribution in [0.4, 0.5) is 0 Å². The smallest absolute Gasteiger partial charge is 0.191 e. The van der Waals surface area contributed by atoms with Gasteiger partial charge in [0.15, 0.2) is 5.96 Å². The molecule has 6 heteroatoms. The number of nitrogens with one attached hydrogen (secondary N) is 2. The third kappa shape index (κ3) is 10.7. The van der Waals surface area contributed by atoms with Gasteiger partial charge in [0.05, 0.1) is 0 Å². The number of halogens is 1. The Kier molecular flexibility index (Phi) is 16.3. The van der Waals surface area contributed by atoms with Crippen LogP contribution in [0.2, 0.25) is 0 Å². The molecule has 0 aromatic heterocycles. The number of ether oxygens (including phenoxy) is 1. The Morgan fingerprint density at radius 2 is 2.00 bits per heavy atom. The van der Waals surface area contributed by atoms with Crippen molar-refractivity contribution in [1.82, 2.24) is 15.5 Å². The quantitative estimate of drug-likeness (QED) is 0.218. The van der Waals surface area contributed by atoms with Gasteiger partial charge in [-0.1, -0.05) is 13.3 Å². The SMILES string of the molecule is CCNC(=NCCCCCOC)NCCN1CCCCC1CC.I. The summed E-state index contributed by atoms with van der Waals surface area (Å²) in [5, 5.41) is 6.83. The van der Waals surface area contributed by atoms with E-state index in [1.807, 2.05) is 0 Å². The predicted octanol–water partition coefficient (Wildman–Crippen LogP) is 3.24. The molecule has 1 fully saturated rings. The molecule has 1 heterocycles. The van der Waals surface area contributed by atoms with Crippen LogP contribution in [-0.4, -0.2) is 63.3 Å². The van der Waals surface area contributed by atoms with Crippen LogP contribution in [0.1, 0.15) is 58.8 Å². The molecule has 0 bridgehead atoms. The van der Waals surface area contributed by atoms with Gasteiger partial charge in [-0.15, -0.1) is 24.0 Å². The van der Waals surface area contributed by atoms with Gasteiger partial charge >= 0.3 is 0 Å². The maximum Gasteiger partial charge on any atom is 0.191 e. The van der Waals surface area contributed by atoms with E-state index in [0.29, 0.717) is 0 Å². The second-order valence-electron chi connectivity index (χ2n) is 6.33. The Labute approximate surface area is 166 Å². The molecule has 0 spiro atoms. The van der Waals surface area contributed by atoms with Gasteiger partial charge in [-0.3, -0.25) is 9.89 Å². The van der Waals surface area contributed by atoms with Crippen LogP contribution in [0, 0.1) is 0 Å². The number of aliphatic imine (C=N–C) groups is 1. The predicted molar refractivity (Wildman–Crippen MR) is 115 cm³/mol. The standard InChI is InChI=1S/C18H38N4O.HI/c1-4-17-11-7-9-14-22(17)15-13-21-18(19-5-2)20-12-8-6-10-16-23-3;/h17H,4-16H2,1-3H3,(H2,19,20,21);1H. The lowest BCUT2D eigenvalue weighted by molar-refractivity contribution is 0.147. The average Bonchev–Trinajstić information content (AvgIpc) is 2.58. The van der Waals surface area contributed by atoms with E-state index < -0.39 is 0 Å². The monoisotopic (exact) mass is 454 g/mol. The second-order valence-corrected chi connectivity index (χ2v) is 6.33. The van der Waals surface area contributed by atoms with E-state index in [1.54, 1.807) is 7.11 Å². The van der Waals surface area contributed by atoms with Crippen LogP contribution in [0.3, 0.4) is 0 Å². The van der Waals surface area contributed by atoms with E-state index in [9.17, 15) is 0 Å². The molecule has 24 heavy (non-hydrogen) atoms. The zero-order valence-electron chi connectivity index (χ0n) is 16.0. The summed E-state index contributed by atoms with van der Waals surface area (Å²) in [4.78, 5) is 7.31. The third-order valence-electron chi connectivity index (χ3n) is 4.53. The summed E-state index contributed by atoms with van der Waals surface area (Å²) < 4.78 is 5.07. The molecule has 1 unspecified atom stereocenters. The van der Waals surface area contributed by atoms with E-state index in [4.69, 9.17) is 4.74 Å².